The number of carbonyl (C=O) groups is 2. The van der Waals surface area contributed by atoms with Gasteiger partial charge in [0.1, 0.15) is 11.8 Å². The smallest absolute Gasteiger partial charge is 0.261 e. The number of aryl methyl sites for hydroxylation is 1. The molecular weight excluding hydrogens is 479 g/mol. The summed E-state index contributed by atoms with van der Waals surface area (Å²) in [5.74, 6) is 0.590. The van der Waals surface area contributed by atoms with Crippen molar-refractivity contribution in [2.24, 2.45) is 5.92 Å². The SMILES string of the molecule is Cc1ccc(CN(C(=O)COc2ccc(I)cc2)[C@H](C)C(=O)NCC(C)C)cc1. The Labute approximate surface area is 187 Å². The summed E-state index contributed by atoms with van der Waals surface area (Å²) in [4.78, 5) is 27.1. The Hall–Kier alpha value is -2.09. The summed E-state index contributed by atoms with van der Waals surface area (Å²) in [6, 6.07) is 14.9. The van der Waals surface area contributed by atoms with Crippen molar-refractivity contribution in [3.8, 4) is 5.75 Å². The monoisotopic (exact) mass is 508 g/mol. The molecule has 1 atom stereocenters. The van der Waals surface area contributed by atoms with Gasteiger partial charge in [-0.3, -0.25) is 9.59 Å². The normalized spacial score (nSPS) is 11.8. The van der Waals surface area contributed by atoms with Crippen LogP contribution in [-0.4, -0.2) is 35.9 Å². The molecule has 29 heavy (non-hydrogen) atoms. The molecule has 6 heteroatoms. The highest BCUT2D eigenvalue weighted by Crippen LogP contribution is 2.15. The molecule has 0 saturated carbocycles. The highest BCUT2D eigenvalue weighted by atomic mass is 127. The molecule has 5 nitrogen and oxygen atoms in total. The predicted octanol–water partition coefficient (Wildman–Crippen LogP) is 4.17. The van der Waals surface area contributed by atoms with E-state index in [0.717, 1.165) is 14.7 Å². The van der Waals surface area contributed by atoms with E-state index in [9.17, 15) is 9.59 Å². The van der Waals surface area contributed by atoms with Gasteiger partial charge in [0.2, 0.25) is 5.91 Å². The summed E-state index contributed by atoms with van der Waals surface area (Å²) in [6.45, 7) is 8.66. The second-order valence-electron chi connectivity index (χ2n) is 7.56. The first-order valence-electron chi connectivity index (χ1n) is 9.77. The second-order valence-corrected chi connectivity index (χ2v) is 8.81. The minimum atomic E-state index is -0.595. The number of hydrogen-bond acceptors (Lipinski definition) is 3. The van der Waals surface area contributed by atoms with Crippen LogP contribution in [0.4, 0.5) is 0 Å². The van der Waals surface area contributed by atoms with Crippen LogP contribution in [-0.2, 0) is 16.1 Å². The molecule has 2 rings (SSSR count). The fourth-order valence-corrected chi connectivity index (χ4v) is 3.04. The molecule has 0 heterocycles. The number of rotatable bonds is 9. The molecule has 0 saturated heterocycles. The zero-order valence-electron chi connectivity index (χ0n) is 17.4. The molecule has 0 aliphatic carbocycles. The van der Waals surface area contributed by atoms with Crippen LogP contribution in [0, 0.1) is 16.4 Å². The van der Waals surface area contributed by atoms with E-state index in [1.807, 2.05) is 69.3 Å². The first kappa shape index (κ1) is 23.2. The maximum absolute atomic E-state index is 13.0. The molecule has 0 aliphatic heterocycles. The quantitative estimate of drug-likeness (QED) is 0.518. The first-order valence-corrected chi connectivity index (χ1v) is 10.8. The zero-order valence-corrected chi connectivity index (χ0v) is 19.6. The van der Waals surface area contributed by atoms with E-state index in [4.69, 9.17) is 4.74 Å². The van der Waals surface area contributed by atoms with Gasteiger partial charge in [0.05, 0.1) is 0 Å². The number of carbonyl (C=O) groups excluding carboxylic acids is 2. The second kappa shape index (κ2) is 11.2. The van der Waals surface area contributed by atoms with Crippen molar-refractivity contribution in [1.29, 1.82) is 0 Å². The van der Waals surface area contributed by atoms with E-state index in [2.05, 4.69) is 27.9 Å². The average Bonchev–Trinajstić information content (AvgIpc) is 2.70. The highest BCUT2D eigenvalue weighted by Gasteiger charge is 2.26. The lowest BCUT2D eigenvalue weighted by molar-refractivity contribution is -0.142. The lowest BCUT2D eigenvalue weighted by atomic mass is 10.1. The van der Waals surface area contributed by atoms with Crippen LogP contribution >= 0.6 is 22.6 Å². The van der Waals surface area contributed by atoms with E-state index in [1.165, 1.54) is 0 Å². The van der Waals surface area contributed by atoms with Gasteiger partial charge in [-0.15, -0.1) is 0 Å². The standard InChI is InChI=1S/C23H29IN2O3/c1-16(2)13-25-23(28)18(4)26(14-19-7-5-17(3)6-8-19)22(27)15-29-21-11-9-20(24)10-12-21/h5-12,16,18H,13-15H2,1-4H3,(H,25,28)/t18-/m1/s1. The van der Waals surface area contributed by atoms with Crippen LogP contribution in [0.2, 0.25) is 0 Å². The molecule has 0 unspecified atom stereocenters. The van der Waals surface area contributed by atoms with Crippen molar-refractivity contribution < 1.29 is 14.3 Å². The Kier molecular flexibility index (Phi) is 8.95. The fraction of sp³-hybridized carbons (Fsp3) is 0.391. The van der Waals surface area contributed by atoms with Crippen molar-refractivity contribution in [2.75, 3.05) is 13.2 Å². The van der Waals surface area contributed by atoms with E-state index in [0.29, 0.717) is 24.8 Å². The summed E-state index contributed by atoms with van der Waals surface area (Å²) in [6.07, 6.45) is 0. The number of hydrogen-bond donors (Lipinski definition) is 1. The number of nitrogens with one attached hydrogen (secondary N) is 1. The molecule has 0 spiro atoms. The minimum Gasteiger partial charge on any atom is -0.484 e. The largest absolute Gasteiger partial charge is 0.484 e. The Morgan fingerprint density at radius 1 is 1.03 bits per heavy atom. The minimum absolute atomic E-state index is 0.117. The van der Waals surface area contributed by atoms with E-state index in [1.54, 1.807) is 11.8 Å². The first-order chi connectivity index (χ1) is 13.8. The topological polar surface area (TPSA) is 58.6 Å². The number of amides is 2. The maximum Gasteiger partial charge on any atom is 0.261 e. The predicted molar refractivity (Wildman–Crippen MR) is 124 cm³/mol. The summed E-state index contributed by atoms with van der Waals surface area (Å²) in [5, 5.41) is 2.92. The lowest BCUT2D eigenvalue weighted by Gasteiger charge is -2.29. The van der Waals surface area contributed by atoms with Gasteiger partial charge in [-0.25, -0.2) is 0 Å². The molecule has 0 aromatic heterocycles. The van der Waals surface area contributed by atoms with Crippen LogP contribution < -0.4 is 10.1 Å². The van der Waals surface area contributed by atoms with Crippen molar-refractivity contribution >= 4 is 34.4 Å². The van der Waals surface area contributed by atoms with E-state index in [-0.39, 0.29) is 18.4 Å². The third-order valence-electron chi connectivity index (χ3n) is 4.50. The van der Waals surface area contributed by atoms with Gasteiger partial charge in [0, 0.05) is 16.7 Å². The number of halogens is 1. The average molecular weight is 508 g/mol. The van der Waals surface area contributed by atoms with E-state index < -0.39 is 6.04 Å². The van der Waals surface area contributed by atoms with Crippen molar-refractivity contribution in [2.45, 2.75) is 40.3 Å². The Morgan fingerprint density at radius 2 is 1.66 bits per heavy atom. The molecule has 2 amide bonds. The number of ether oxygens (including phenoxy) is 1. The van der Waals surface area contributed by atoms with Gasteiger partial charge in [-0.2, -0.15) is 0 Å². The Balaban J connectivity index is 2.10. The van der Waals surface area contributed by atoms with Gasteiger partial charge in [0.15, 0.2) is 6.61 Å². The van der Waals surface area contributed by atoms with Crippen molar-refractivity contribution in [3.05, 3.63) is 63.2 Å². The fourth-order valence-electron chi connectivity index (χ4n) is 2.68. The lowest BCUT2D eigenvalue weighted by Crippen LogP contribution is -2.49. The van der Waals surface area contributed by atoms with Crippen LogP contribution in [0.1, 0.15) is 31.9 Å². The molecule has 0 fully saturated rings. The van der Waals surface area contributed by atoms with Crippen LogP contribution in [0.15, 0.2) is 48.5 Å². The molecule has 0 bridgehead atoms. The molecule has 1 N–H and O–H groups in total. The number of nitrogens with zero attached hydrogens (tertiary/aromatic N) is 1. The van der Waals surface area contributed by atoms with Crippen LogP contribution in [0.3, 0.4) is 0 Å². The van der Waals surface area contributed by atoms with Crippen molar-refractivity contribution in [1.82, 2.24) is 10.2 Å². The van der Waals surface area contributed by atoms with Crippen molar-refractivity contribution in [3.63, 3.8) is 0 Å². The van der Waals surface area contributed by atoms with Gasteiger partial charge in [-0.1, -0.05) is 43.7 Å². The molecule has 2 aromatic carbocycles. The number of benzene rings is 2. The maximum atomic E-state index is 13.0. The Bertz CT molecular complexity index is 804. The van der Waals surface area contributed by atoms with Gasteiger partial charge in [0.25, 0.3) is 5.91 Å². The van der Waals surface area contributed by atoms with Gasteiger partial charge >= 0.3 is 0 Å². The summed E-state index contributed by atoms with van der Waals surface area (Å²) in [5.41, 5.74) is 2.12. The van der Waals surface area contributed by atoms with Crippen LogP contribution in [0.5, 0.6) is 5.75 Å². The summed E-state index contributed by atoms with van der Waals surface area (Å²) < 4.78 is 6.76. The molecule has 2 aromatic rings. The molecule has 0 radical (unpaired) electrons. The van der Waals surface area contributed by atoms with E-state index >= 15 is 0 Å². The third kappa shape index (κ3) is 7.68. The Morgan fingerprint density at radius 3 is 2.24 bits per heavy atom. The summed E-state index contributed by atoms with van der Waals surface area (Å²) in [7, 11) is 0. The molecule has 156 valence electrons. The van der Waals surface area contributed by atoms with Gasteiger partial charge < -0.3 is 15.0 Å². The van der Waals surface area contributed by atoms with Gasteiger partial charge in [-0.05, 0) is 72.2 Å². The third-order valence-corrected chi connectivity index (χ3v) is 5.22. The zero-order chi connectivity index (χ0) is 21.4. The van der Waals surface area contributed by atoms with Crippen LogP contribution in [0.25, 0.3) is 0 Å². The highest BCUT2D eigenvalue weighted by molar-refractivity contribution is 14.1. The summed E-state index contributed by atoms with van der Waals surface area (Å²) >= 11 is 2.22. The molecular formula is C23H29IN2O3. The molecule has 0 aliphatic rings.